The second-order valence-corrected chi connectivity index (χ2v) is 8.72. The van der Waals surface area contributed by atoms with Crippen LogP contribution in [0.25, 0.3) is 22.9 Å². The number of rotatable bonds is 9. The molecule has 0 atom stereocenters. The molecular formula is C31H31NO3. The number of carbonyl (C=O) groups excluding carboxylic acids is 1. The van der Waals surface area contributed by atoms with Gasteiger partial charge in [0.05, 0.1) is 13.2 Å². The highest BCUT2D eigenvalue weighted by molar-refractivity contribution is 5.86. The SMILES string of the molecule is CCOC(=O)CCCc1c(/C=C/c2ccc3ccccc3c2)c(C)cn(Cc2ccccc2)c1=O. The first-order chi connectivity index (χ1) is 17.0. The van der Waals surface area contributed by atoms with Gasteiger partial charge in [-0.1, -0.05) is 78.9 Å². The van der Waals surface area contributed by atoms with E-state index in [-0.39, 0.29) is 11.5 Å². The molecule has 0 radical (unpaired) electrons. The van der Waals surface area contributed by atoms with E-state index in [1.807, 2.05) is 61.7 Å². The third kappa shape index (κ3) is 6.15. The molecule has 0 saturated carbocycles. The largest absolute Gasteiger partial charge is 0.466 e. The molecule has 0 bridgehead atoms. The quantitative estimate of drug-likeness (QED) is 0.268. The Labute approximate surface area is 206 Å². The maximum atomic E-state index is 13.5. The van der Waals surface area contributed by atoms with Crippen molar-refractivity contribution in [3.63, 3.8) is 0 Å². The van der Waals surface area contributed by atoms with Gasteiger partial charge in [-0.2, -0.15) is 0 Å². The summed E-state index contributed by atoms with van der Waals surface area (Å²) in [5.74, 6) is -0.224. The molecule has 3 aromatic carbocycles. The Morgan fingerprint density at radius 2 is 1.69 bits per heavy atom. The van der Waals surface area contributed by atoms with Crippen molar-refractivity contribution in [1.82, 2.24) is 4.57 Å². The van der Waals surface area contributed by atoms with Crippen molar-refractivity contribution >= 4 is 28.9 Å². The molecule has 0 N–H and O–H groups in total. The molecule has 4 heteroatoms. The molecule has 1 heterocycles. The van der Waals surface area contributed by atoms with Gasteiger partial charge in [-0.3, -0.25) is 9.59 Å². The van der Waals surface area contributed by atoms with Crippen LogP contribution in [0.5, 0.6) is 0 Å². The number of benzene rings is 3. The Balaban J connectivity index is 1.67. The van der Waals surface area contributed by atoms with Gasteiger partial charge in [-0.15, -0.1) is 0 Å². The lowest BCUT2D eigenvalue weighted by Gasteiger charge is -2.15. The molecule has 35 heavy (non-hydrogen) atoms. The smallest absolute Gasteiger partial charge is 0.305 e. The predicted octanol–water partition coefficient (Wildman–Crippen LogP) is 6.41. The third-order valence-electron chi connectivity index (χ3n) is 6.14. The van der Waals surface area contributed by atoms with Crippen molar-refractivity contribution in [1.29, 1.82) is 0 Å². The first-order valence-corrected chi connectivity index (χ1v) is 12.1. The molecule has 4 aromatic rings. The number of carbonyl (C=O) groups is 1. The van der Waals surface area contributed by atoms with Crippen LogP contribution in [0.2, 0.25) is 0 Å². The molecule has 0 amide bonds. The van der Waals surface area contributed by atoms with Gasteiger partial charge in [-0.25, -0.2) is 0 Å². The van der Waals surface area contributed by atoms with Crippen LogP contribution in [-0.4, -0.2) is 17.1 Å². The third-order valence-corrected chi connectivity index (χ3v) is 6.14. The van der Waals surface area contributed by atoms with Crippen LogP contribution in [0.1, 0.15) is 47.6 Å². The molecule has 1 aromatic heterocycles. The lowest BCUT2D eigenvalue weighted by atomic mass is 9.98. The zero-order valence-corrected chi connectivity index (χ0v) is 20.4. The van der Waals surface area contributed by atoms with Gasteiger partial charge in [0.15, 0.2) is 0 Å². The van der Waals surface area contributed by atoms with Gasteiger partial charge in [0.25, 0.3) is 5.56 Å². The number of fused-ring (bicyclic) bond motifs is 1. The molecule has 0 unspecified atom stereocenters. The van der Waals surface area contributed by atoms with Crippen LogP contribution in [0, 0.1) is 6.92 Å². The van der Waals surface area contributed by atoms with Crippen LogP contribution >= 0.6 is 0 Å². The molecule has 0 aliphatic heterocycles. The van der Waals surface area contributed by atoms with E-state index < -0.39 is 0 Å². The van der Waals surface area contributed by atoms with Crippen LogP contribution in [0.4, 0.5) is 0 Å². The number of aromatic nitrogens is 1. The molecular weight excluding hydrogens is 434 g/mol. The number of hydrogen-bond donors (Lipinski definition) is 0. The van der Waals surface area contributed by atoms with E-state index >= 15 is 0 Å². The van der Waals surface area contributed by atoms with E-state index in [2.05, 4.69) is 36.4 Å². The van der Waals surface area contributed by atoms with Gasteiger partial charge in [0.1, 0.15) is 0 Å². The van der Waals surface area contributed by atoms with E-state index in [1.165, 1.54) is 10.8 Å². The monoisotopic (exact) mass is 465 g/mol. The van der Waals surface area contributed by atoms with Crippen molar-refractivity contribution in [3.8, 4) is 0 Å². The molecule has 0 fully saturated rings. The average Bonchev–Trinajstić information content (AvgIpc) is 2.87. The summed E-state index contributed by atoms with van der Waals surface area (Å²) in [4.78, 5) is 25.4. The Kier molecular flexibility index (Phi) is 7.94. The standard InChI is InChI=1S/C31H31NO3/c1-3-35-30(33)15-9-14-29-28(19-17-24-16-18-26-12-7-8-13-27(26)20-24)23(2)21-32(31(29)34)22-25-10-5-4-6-11-25/h4-8,10-13,16-21H,3,9,14-15,22H2,1-2H3/b19-17+. The van der Waals surface area contributed by atoms with E-state index in [1.54, 1.807) is 11.5 Å². The minimum absolute atomic E-state index is 0.0125. The Hall–Kier alpha value is -3.92. The van der Waals surface area contributed by atoms with E-state index in [0.717, 1.165) is 27.8 Å². The van der Waals surface area contributed by atoms with Crippen LogP contribution in [0.15, 0.2) is 83.8 Å². The van der Waals surface area contributed by atoms with Crippen molar-refractivity contribution in [2.45, 2.75) is 39.7 Å². The van der Waals surface area contributed by atoms with Crippen molar-refractivity contribution < 1.29 is 9.53 Å². The lowest BCUT2D eigenvalue weighted by Crippen LogP contribution is -2.26. The molecule has 4 nitrogen and oxygen atoms in total. The number of esters is 1. The summed E-state index contributed by atoms with van der Waals surface area (Å²) < 4.78 is 6.85. The highest BCUT2D eigenvalue weighted by Crippen LogP contribution is 2.21. The van der Waals surface area contributed by atoms with Crippen LogP contribution < -0.4 is 5.56 Å². The van der Waals surface area contributed by atoms with Crippen LogP contribution in [-0.2, 0) is 22.5 Å². The van der Waals surface area contributed by atoms with Gasteiger partial charge >= 0.3 is 5.97 Å². The zero-order chi connectivity index (χ0) is 24.6. The number of aryl methyl sites for hydroxylation is 1. The Morgan fingerprint density at radius 1 is 0.943 bits per heavy atom. The molecule has 0 spiro atoms. The predicted molar refractivity (Wildman–Crippen MR) is 143 cm³/mol. The second-order valence-electron chi connectivity index (χ2n) is 8.72. The van der Waals surface area contributed by atoms with Gasteiger partial charge in [0, 0.05) is 18.2 Å². The highest BCUT2D eigenvalue weighted by atomic mass is 16.5. The van der Waals surface area contributed by atoms with Crippen molar-refractivity contribution in [2.24, 2.45) is 0 Å². The summed E-state index contributed by atoms with van der Waals surface area (Å²) in [6.45, 7) is 4.72. The minimum Gasteiger partial charge on any atom is -0.466 e. The fourth-order valence-electron chi connectivity index (χ4n) is 4.39. The molecule has 4 rings (SSSR count). The summed E-state index contributed by atoms with van der Waals surface area (Å²) in [7, 11) is 0. The number of nitrogens with zero attached hydrogens (tertiary/aromatic N) is 1. The molecule has 0 aliphatic carbocycles. The zero-order valence-electron chi connectivity index (χ0n) is 20.4. The van der Waals surface area contributed by atoms with Crippen LogP contribution in [0.3, 0.4) is 0 Å². The van der Waals surface area contributed by atoms with Gasteiger partial charge < -0.3 is 9.30 Å². The van der Waals surface area contributed by atoms with E-state index in [9.17, 15) is 9.59 Å². The van der Waals surface area contributed by atoms with Crippen molar-refractivity contribution in [2.75, 3.05) is 6.61 Å². The number of hydrogen-bond acceptors (Lipinski definition) is 3. The summed E-state index contributed by atoms with van der Waals surface area (Å²) in [6.07, 6.45) is 7.42. The molecule has 0 saturated heterocycles. The average molecular weight is 466 g/mol. The fraction of sp³-hybridized carbons (Fsp3) is 0.226. The van der Waals surface area contributed by atoms with Crippen molar-refractivity contribution in [3.05, 3.63) is 117 Å². The Bertz CT molecular complexity index is 1400. The summed E-state index contributed by atoms with van der Waals surface area (Å²) in [6, 6.07) is 24.6. The Morgan fingerprint density at radius 3 is 2.46 bits per heavy atom. The first kappa shape index (κ1) is 24.2. The molecule has 178 valence electrons. The minimum atomic E-state index is -0.224. The van der Waals surface area contributed by atoms with E-state index in [4.69, 9.17) is 4.74 Å². The van der Waals surface area contributed by atoms with E-state index in [0.29, 0.717) is 32.4 Å². The second kappa shape index (κ2) is 11.5. The highest BCUT2D eigenvalue weighted by Gasteiger charge is 2.13. The fourth-order valence-corrected chi connectivity index (χ4v) is 4.39. The summed E-state index contributed by atoms with van der Waals surface area (Å²) in [5, 5.41) is 2.38. The normalized spacial score (nSPS) is 11.3. The maximum Gasteiger partial charge on any atom is 0.305 e. The maximum absolute atomic E-state index is 13.5. The summed E-state index contributed by atoms with van der Waals surface area (Å²) in [5.41, 5.74) is 4.84. The number of ether oxygens (including phenoxy) is 1. The first-order valence-electron chi connectivity index (χ1n) is 12.1. The molecule has 0 aliphatic rings. The van der Waals surface area contributed by atoms with Gasteiger partial charge in [-0.05, 0) is 65.8 Å². The number of pyridine rings is 1. The topological polar surface area (TPSA) is 48.3 Å². The summed E-state index contributed by atoms with van der Waals surface area (Å²) >= 11 is 0. The lowest BCUT2D eigenvalue weighted by molar-refractivity contribution is -0.143. The van der Waals surface area contributed by atoms with Gasteiger partial charge in [0.2, 0.25) is 0 Å².